The van der Waals surface area contributed by atoms with Gasteiger partial charge in [-0.25, -0.2) is 0 Å². The number of rotatable bonds is 3. The van der Waals surface area contributed by atoms with Crippen LogP contribution < -0.4 is 5.56 Å². The summed E-state index contributed by atoms with van der Waals surface area (Å²) in [6.07, 6.45) is 1.23. The molecule has 0 aromatic carbocycles. The molecule has 0 atom stereocenters. The summed E-state index contributed by atoms with van der Waals surface area (Å²) in [7, 11) is 0. The predicted molar refractivity (Wildman–Crippen MR) is 39.3 cm³/mol. The number of aryl methyl sites for hydroxylation is 1. The molecule has 10 heavy (non-hydrogen) atoms. The molecule has 0 bridgehead atoms. The molecule has 0 aliphatic rings. The number of hydrogen-bond acceptors (Lipinski definition) is 3. The molecule has 4 heteroatoms. The van der Waals surface area contributed by atoms with Gasteiger partial charge in [0.1, 0.15) is 6.29 Å². The van der Waals surface area contributed by atoms with Crippen molar-refractivity contribution in [1.82, 2.24) is 3.96 Å². The fourth-order valence-corrected chi connectivity index (χ4v) is 1.33. The molecule has 0 aliphatic carbocycles. The lowest BCUT2D eigenvalue weighted by molar-refractivity contribution is -0.108. The Hall–Kier alpha value is -0.900. The number of aldehydes is 1. The van der Waals surface area contributed by atoms with Gasteiger partial charge in [0.15, 0.2) is 0 Å². The maximum absolute atomic E-state index is 10.8. The van der Waals surface area contributed by atoms with E-state index in [2.05, 4.69) is 0 Å². The topological polar surface area (TPSA) is 39.1 Å². The van der Waals surface area contributed by atoms with E-state index in [4.69, 9.17) is 0 Å². The number of nitrogens with zero attached hydrogens (tertiary/aromatic N) is 1. The van der Waals surface area contributed by atoms with Crippen LogP contribution >= 0.6 is 11.5 Å². The van der Waals surface area contributed by atoms with E-state index in [9.17, 15) is 9.59 Å². The summed E-state index contributed by atoms with van der Waals surface area (Å²) in [4.78, 5) is 20.7. The van der Waals surface area contributed by atoms with Crippen molar-refractivity contribution in [3.63, 3.8) is 0 Å². The van der Waals surface area contributed by atoms with Gasteiger partial charge in [0.2, 0.25) is 0 Å². The summed E-state index contributed by atoms with van der Waals surface area (Å²) < 4.78 is 1.55. The molecule has 0 fully saturated rings. The Balaban J connectivity index is 2.65. The van der Waals surface area contributed by atoms with Gasteiger partial charge in [-0.05, 0) is 0 Å². The maximum Gasteiger partial charge on any atom is 0.260 e. The lowest BCUT2D eigenvalue weighted by Crippen LogP contribution is -2.11. The molecule has 3 nitrogen and oxygen atoms in total. The van der Waals surface area contributed by atoms with Crippen LogP contribution in [0, 0.1) is 0 Å². The highest BCUT2D eigenvalue weighted by Crippen LogP contribution is 1.92. The average Bonchev–Trinajstić information content (AvgIpc) is 2.31. The molecule has 1 heterocycles. The maximum atomic E-state index is 10.8. The minimum absolute atomic E-state index is 0.0214. The zero-order valence-electron chi connectivity index (χ0n) is 5.32. The van der Waals surface area contributed by atoms with Gasteiger partial charge in [0.05, 0.1) is 0 Å². The van der Waals surface area contributed by atoms with Gasteiger partial charge in [0.25, 0.3) is 5.56 Å². The molecule has 0 N–H and O–H groups in total. The molecule has 1 rings (SSSR count). The Labute approximate surface area is 62.1 Å². The van der Waals surface area contributed by atoms with Gasteiger partial charge < -0.3 is 4.79 Å². The SMILES string of the molecule is O=CCCn1sccc1=O. The molecular formula is C6H7NO2S. The van der Waals surface area contributed by atoms with Crippen LogP contribution in [0.3, 0.4) is 0 Å². The summed E-state index contributed by atoms with van der Waals surface area (Å²) in [6.45, 7) is 0.514. The van der Waals surface area contributed by atoms with Crippen molar-refractivity contribution in [3.8, 4) is 0 Å². The summed E-state index contributed by atoms with van der Waals surface area (Å²) in [5, 5.41) is 1.72. The standard InChI is InChI=1S/C6H7NO2S/c8-4-1-3-7-6(9)2-5-10-7/h2,4-5H,1,3H2. The van der Waals surface area contributed by atoms with E-state index in [0.29, 0.717) is 13.0 Å². The second kappa shape index (κ2) is 3.31. The Morgan fingerprint density at radius 2 is 2.50 bits per heavy atom. The average molecular weight is 157 g/mol. The van der Waals surface area contributed by atoms with E-state index in [1.807, 2.05) is 0 Å². The molecule has 0 amide bonds. The van der Waals surface area contributed by atoms with E-state index < -0.39 is 0 Å². The van der Waals surface area contributed by atoms with Gasteiger partial charge in [0, 0.05) is 24.4 Å². The molecule has 54 valence electrons. The Bertz CT molecular complexity index is 263. The summed E-state index contributed by atoms with van der Waals surface area (Å²) in [5.41, 5.74) is -0.0214. The Kier molecular flexibility index (Phi) is 2.39. The second-order valence-corrected chi connectivity index (χ2v) is 2.73. The lowest BCUT2D eigenvalue weighted by atomic mass is 10.5. The van der Waals surface area contributed by atoms with Crippen LogP contribution in [0.15, 0.2) is 16.2 Å². The fraction of sp³-hybridized carbons (Fsp3) is 0.333. The van der Waals surface area contributed by atoms with Crippen molar-refractivity contribution in [1.29, 1.82) is 0 Å². The van der Waals surface area contributed by atoms with Crippen LogP contribution in [0.25, 0.3) is 0 Å². The highest BCUT2D eigenvalue weighted by molar-refractivity contribution is 7.04. The minimum atomic E-state index is -0.0214. The van der Waals surface area contributed by atoms with Crippen LogP contribution in [0.5, 0.6) is 0 Å². The van der Waals surface area contributed by atoms with Crippen LogP contribution in [-0.2, 0) is 11.3 Å². The number of carbonyl (C=O) groups is 1. The fourth-order valence-electron chi connectivity index (χ4n) is 0.630. The molecule has 0 saturated heterocycles. The molecule has 0 spiro atoms. The third-order valence-corrected chi connectivity index (χ3v) is 1.97. The molecule has 1 aromatic heterocycles. The van der Waals surface area contributed by atoms with Gasteiger partial charge in [-0.2, -0.15) is 0 Å². The van der Waals surface area contributed by atoms with Gasteiger partial charge in [-0.1, -0.05) is 11.5 Å². The quantitative estimate of drug-likeness (QED) is 0.599. The molecule has 0 radical (unpaired) electrons. The highest BCUT2D eigenvalue weighted by atomic mass is 32.1. The molecule has 1 aromatic rings. The Morgan fingerprint density at radius 3 is 3.00 bits per heavy atom. The highest BCUT2D eigenvalue weighted by Gasteiger charge is 1.93. The number of hydrogen-bond donors (Lipinski definition) is 0. The van der Waals surface area contributed by atoms with E-state index in [-0.39, 0.29) is 5.56 Å². The normalized spacial score (nSPS) is 9.60. The van der Waals surface area contributed by atoms with Crippen molar-refractivity contribution in [2.45, 2.75) is 13.0 Å². The summed E-state index contributed by atoms with van der Waals surface area (Å²) in [5.74, 6) is 0. The van der Waals surface area contributed by atoms with E-state index in [1.165, 1.54) is 17.6 Å². The smallest absolute Gasteiger partial charge is 0.260 e. The molecule has 0 unspecified atom stereocenters. The van der Waals surface area contributed by atoms with Crippen molar-refractivity contribution in [2.24, 2.45) is 0 Å². The van der Waals surface area contributed by atoms with Crippen molar-refractivity contribution < 1.29 is 4.79 Å². The third-order valence-electron chi connectivity index (χ3n) is 1.09. The predicted octanol–water partition coefficient (Wildman–Crippen LogP) is 0.499. The first-order valence-electron chi connectivity index (χ1n) is 2.93. The van der Waals surface area contributed by atoms with Crippen molar-refractivity contribution in [2.75, 3.05) is 0 Å². The van der Waals surface area contributed by atoms with E-state index in [1.54, 1.807) is 9.34 Å². The van der Waals surface area contributed by atoms with Crippen LogP contribution in [0.4, 0.5) is 0 Å². The van der Waals surface area contributed by atoms with Crippen LogP contribution in [-0.4, -0.2) is 10.2 Å². The zero-order valence-corrected chi connectivity index (χ0v) is 6.13. The van der Waals surface area contributed by atoms with E-state index in [0.717, 1.165) is 6.29 Å². The summed E-state index contributed by atoms with van der Waals surface area (Å²) >= 11 is 1.33. The molecular weight excluding hydrogens is 150 g/mol. The monoisotopic (exact) mass is 157 g/mol. The number of carbonyl (C=O) groups excluding carboxylic acids is 1. The van der Waals surface area contributed by atoms with E-state index >= 15 is 0 Å². The van der Waals surface area contributed by atoms with Crippen molar-refractivity contribution >= 4 is 17.8 Å². The van der Waals surface area contributed by atoms with Gasteiger partial charge in [-0.3, -0.25) is 8.75 Å². The van der Waals surface area contributed by atoms with Gasteiger partial charge >= 0.3 is 0 Å². The first-order chi connectivity index (χ1) is 4.84. The molecule has 0 saturated carbocycles. The largest absolute Gasteiger partial charge is 0.303 e. The minimum Gasteiger partial charge on any atom is -0.303 e. The van der Waals surface area contributed by atoms with Crippen molar-refractivity contribution in [3.05, 3.63) is 21.8 Å². The number of aromatic nitrogens is 1. The lowest BCUT2D eigenvalue weighted by Gasteiger charge is -1.91. The Morgan fingerprint density at radius 1 is 1.70 bits per heavy atom. The van der Waals surface area contributed by atoms with Crippen LogP contribution in [0.2, 0.25) is 0 Å². The zero-order chi connectivity index (χ0) is 7.40. The summed E-state index contributed by atoms with van der Waals surface area (Å²) in [6, 6.07) is 1.50. The third kappa shape index (κ3) is 1.54. The van der Waals surface area contributed by atoms with Gasteiger partial charge in [-0.15, -0.1) is 0 Å². The first kappa shape index (κ1) is 7.21. The molecule has 0 aliphatic heterocycles. The second-order valence-electron chi connectivity index (χ2n) is 1.80. The van der Waals surface area contributed by atoms with Crippen LogP contribution in [0.1, 0.15) is 6.42 Å². The first-order valence-corrected chi connectivity index (χ1v) is 3.76.